The molecule has 3 fully saturated rings. The second-order valence-corrected chi connectivity index (χ2v) is 8.78. The lowest BCUT2D eigenvalue weighted by molar-refractivity contribution is 0.0658. The number of nitrogens with zero attached hydrogens (tertiary/aromatic N) is 1. The minimum atomic E-state index is 0.500. The van der Waals surface area contributed by atoms with Crippen LogP contribution in [-0.2, 0) is 0 Å². The summed E-state index contributed by atoms with van der Waals surface area (Å²) >= 11 is 2.17. The zero-order valence-electron chi connectivity index (χ0n) is 12.0. The first-order valence-electron chi connectivity index (χ1n) is 7.75. The number of thioether (sulfide) groups is 1. The van der Waals surface area contributed by atoms with E-state index in [0.29, 0.717) is 4.75 Å². The molecule has 0 aromatic heterocycles. The predicted molar refractivity (Wildman–Crippen MR) is 80.3 cm³/mol. The fourth-order valence-corrected chi connectivity index (χ4v) is 4.36. The fourth-order valence-electron chi connectivity index (χ4n) is 3.24. The molecule has 3 rings (SSSR count). The predicted octanol–water partition coefficient (Wildman–Crippen LogP) is 2.73. The maximum atomic E-state index is 3.73. The van der Waals surface area contributed by atoms with Gasteiger partial charge >= 0.3 is 0 Å². The standard InChI is InChI=1S/C15H28N2S/c1-15(2)7-8-17(9-10-18-15)14-6-3-12(14)11-16-13-4-5-13/h12-14,16H,3-11H2,1-2H3. The van der Waals surface area contributed by atoms with Gasteiger partial charge in [0.05, 0.1) is 0 Å². The molecule has 0 radical (unpaired) electrons. The lowest BCUT2D eigenvalue weighted by atomic mass is 9.78. The number of hydrogen-bond donors (Lipinski definition) is 1. The van der Waals surface area contributed by atoms with Crippen molar-refractivity contribution in [2.75, 3.05) is 25.4 Å². The molecule has 0 bridgehead atoms. The zero-order valence-corrected chi connectivity index (χ0v) is 12.8. The zero-order chi connectivity index (χ0) is 12.6. The number of nitrogens with one attached hydrogen (secondary N) is 1. The molecule has 0 amide bonds. The van der Waals surface area contributed by atoms with E-state index >= 15 is 0 Å². The summed E-state index contributed by atoms with van der Waals surface area (Å²) < 4.78 is 0.500. The van der Waals surface area contributed by atoms with E-state index in [-0.39, 0.29) is 0 Å². The number of rotatable bonds is 4. The molecule has 3 aliphatic rings. The molecule has 2 atom stereocenters. The third-order valence-corrected chi connectivity index (χ3v) is 6.34. The van der Waals surface area contributed by atoms with Crippen LogP contribution in [0.5, 0.6) is 0 Å². The fraction of sp³-hybridized carbons (Fsp3) is 1.00. The summed E-state index contributed by atoms with van der Waals surface area (Å²) in [5.74, 6) is 2.27. The second-order valence-electron chi connectivity index (χ2n) is 6.98. The first-order valence-corrected chi connectivity index (χ1v) is 8.74. The summed E-state index contributed by atoms with van der Waals surface area (Å²) in [6, 6.07) is 1.77. The summed E-state index contributed by atoms with van der Waals surface area (Å²) in [4.78, 5) is 2.80. The summed E-state index contributed by atoms with van der Waals surface area (Å²) in [6.07, 6.45) is 7.11. The van der Waals surface area contributed by atoms with Crippen LogP contribution in [0.25, 0.3) is 0 Å². The van der Waals surface area contributed by atoms with E-state index in [9.17, 15) is 0 Å². The molecule has 3 heteroatoms. The van der Waals surface area contributed by atoms with Gasteiger partial charge in [-0.3, -0.25) is 4.90 Å². The van der Waals surface area contributed by atoms with Crippen molar-refractivity contribution in [1.82, 2.24) is 10.2 Å². The molecule has 0 aromatic rings. The average molecular weight is 268 g/mol. The van der Waals surface area contributed by atoms with Gasteiger partial charge in [0.1, 0.15) is 0 Å². The Balaban J connectivity index is 1.47. The SMILES string of the molecule is CC1(C)CCN(C2CCC2CNC2CC2)CCS1. The minimum Gasteiger partial charge on any atom is -0.314 e. The van der Waals surface area contributed by atoms with Crippen molar-refractivity contribution in [3.63, 3.8) is 0 Å². The highest BCUT2D eigenvalue weighted by Gasteiger charge is 2.37. The quantitative estimate of drug-likeness (QED) is 0.844. The van der Waals surface area contributed by atoms with Crippen molar-refractivity contribution in [2.45, 2.75) is 62.8 Å². The van der Waals surface area contributed by atoms with Crippen LogP contribution in [0.4, 0.5) is 0 Å². The van der Waals surface area contributed by atoms with Crippen molar-refractivity contribution in [3.8, 4) is 0 Å². The van der Waals surface area contributed by atoms with Gasteiger partial charge in [0.2, 0.25) is 0 Å². The van der Waals surface area contributed by atoms with Gasteiger partial charge in [-0.05, 0) is 51.1 Å². The molecule has 2 nitrogen and oxygen atoms in total. The molecule has 1 heterocycles. The number of hydrogen-bond acceptors (Lipinski definition) is 3. The van der Waals surface area contributed by atoms with Gasteiger partial charge in [0.15, 0.2) is 0 Å². The smallest absolute Gasteiger partial charge is 0.0136 e. The van der Waals surface area contributed by atoms with Crippen LogP contribution in [-0.4, -0.2) is 47.1 Å². The van der Waals surface area contributed by atoms with E-state index in [0.717, 1.165) is 18.0 Å². The summed E-state index contributed by atoms with van der Waals surface area (Å²) in [6.45, 7) is 8.74. The average Bonchev–Trinajstić information content (AvgIpc) is 3.07. The monoisotopic (exact) mass is 268 g/mol. The Labute approximate surface area is 116 Å². The molecule has 2 saturated carbocycles. The maximum Gasteiger partial charge on any atom is 0.0136 e. The lowest BCUT2D eigenvalue weighted by Gasteiger charge is -2.44. The highest BCUT2D eigenvalue weighted by molar-refractivity contribution is 8.00. The van der Waals surface area contributed by atoms with Gasteiger partial charge in [-0.1, -0.05) is 13.8 Å². The molecule has 1 aliphatic heterocycles. The van der Waals surface area contributed by atoms with Crippen LogP contribution in [0.2, 0.25) is 0 Å². The van der Waals surface area contributed by atoms with Crippen molar-refractivity contribution in [1.29, 1.82) is 0 Å². The first kappa shape index (κ1) is 13.3. The van der Waals surface area contributed by atoms with Gasteiger partial charge < -0.3 is 5.32 Å². The molecule has 0 spiro atoms. The Kier molecular flexibility index (Phi) is 3.93. The summed E-state index contributed by atoms with van der Waals surface area (Å²) in [5, 5.41) is 3.73. The highest BCUT2D eigenvalue weighted by Crippen LogP contribution is 2.37. The molecular weight excluding hydrogens is 240 g/mol. The van der Waals surface area contributed by atoms with E-state index in [1.165, 1.54) is 57.5 Å². The molecule has 1 N–H and O–H groups in total. The van der Waals surface area contributed by atoms with E-state index in [1.54, 1.807) is 0 Å². The van der Waals surface area contributed by atoms with E-state index in [2.05, 4.69) is 35.8 Å². The van der Waals surface area contributed by atoms with Gasteiger partial charge in [0.25, 0.3) is 0 Å². The Morgan fingerprint density at radius 3 is 2.67 bits per heavy atom. The first-order chi connectivity index (χ1) is 8.64. The van der Waals surface area contributed by atoms with Crippen LogP contribution >= 0.6 is 11.8 Å². The molecule has 104 valence electrons. The van der Waals surface area contributed by atoms with Crippen molar-refractivity contribution >= 4 is 11.8 Å². The summed E-state index contributed by atoms with van der Waals surface area (Å²) in [5.41, 5.74) is 0. The normalized spacial score (nSPS) is 37.0. The van der Waals surface area contributed by atoms with Gasteiger partial charge in [-0.15, -0.1) is 0 Å². The van der Waals surface area contributed by atoms with Crippen molar-refractivity contribution < 1.29 is 0 Å². The third kappa shape index (κ3) is 3.23. The van der Waals surface area contributed by atoms with E-state index < -0.39 is 0 Å². The van der Waals surface area contributed by atoms with Crippen LogP contribution in [0.3, 0.4) is 0 Å². The van der Waals surface area contributed by atoms with Crippen LogP contribution in [0.15, 0.2) is 0 Å². The second kappa shape index (κ2) is 5.34. The van der Waals surface area contributed by atoms with E-state index in [4.69, 9.17) is 0 Å². The molecule has 18 heavy (non-hydrogen) atoms. The summed E-state index contributed by atoms with van der Waals surface area (Å²) in [7, 11) is 0. The Bertz CT molecular complexity index is 288. The van der Waals surface area contributed by atoms with Crippen LogP contribution < -0.4 is 5.32 Å². The molecular formula is C15H28N2S. The van der Waals surface area contributed by atoms with Crippen molar-refractivity contribution in [2.24, 2.45) is 5.92 Å². The molecule has 2 aliphatic carbocycles. The minimum absolute atomic E-state index is 0.500. The largest absolute Gasteiger partial charge is 0.314 e. The third-order valence-electron chi connectivity index (χ3n) is 4.96. The Morgan fingerprint density at radius 1 is 1.17 bits per heavy atom. The van der Waals surface area contributed by atoms with Gasteiger partial charge in [-0.2, -0.15) is 11.8 Å². The Morgan fingerprint density at radius 2 is 2.00 bits per heavy atom. The van der Waals surface area contributed by atoms with Gasteiger partial charge in [-0.25, -0.2) is 0 Å². The molecule has 2 unspecified atom stereocenters. The Hall–Kier alpha value is 0.270. The van der Waals surface area contributed by atoms with Crippen molar-refractivity contribution in [3.05, 3.63) is 0 Å². The molecule has 1 saturated heterocycles. The topological polar surface area (TPSA) is 15.3 Å². The maximum absolute atomic E-state index is 3.73. The highest BCUT2D eigenvalue weighted by atomic mass is 32.2. The van der Waals surface area contributed by atoms with Crippen LogP contribution in [0.1, 0.15) is 46.0 Å². The van der Waals surface area contributed by atoms with E-state index in [1.807, 2.05) is 0 Å². The molecule has 0 aromatic carbocycles. The van der Waals surface area contributed by atoms with Gasteiger partial charge in [0, 0.05) is 29.1 Å². The van der Waals surface area contributed by atoms with Crippen LogP contribution in [0, 0.1) is 5.92 Å². The lowest BCUT2D eigenvalue weighted by Crippen LogP contribution is -2.51.